The van der Waals surface area contributed by atoms with Gasteiger partial charge in [-0.1, -0.05) is 6.07 Å². The molecular weight excluding hydrogens is 216 g/mol. The van der Waals surface area contributed by atoms with Crippen LogP contribution < -0.4 is 10.5 Å². The predicted molar refractivity (Wildman–Crippen MR) is 55.8 cm³/mol. The molecule has 0 saturated carbocycles. The van der Waals surface area contributed by atoms with Crippen LogP contribution in [0.5, 0.6) is 0 Å². The van der Waals surface area contributed by atoms with Gasteiger partial charge in [0.2, 0.25) is 10.0 Å². The Labute approximate surface area is 88.3 Å². The molecule has 0 saturated heterocycles. The zero-order valence-electron chi connectivity index (χ0n) is 8.23. The van der Waals surface area contributed by atoms with Gasteiger partial charge in [-0.05, 0) is 25.1 Å². The lowest BCUT2D eigenvalue weighted by Gasteiger charge is -2.03. The Kier molecular flexibility index (Phi) is 3.43. The van der Waals surface area contributed by atoms with Crippen LogP contribution >= 0.6 is 0 Å². The monoisotopic (exact) mass is 228 g/mol. The highest BCUT2D eigenvalue weighted by atomic mass is 32.2. The van der Waals surface area contributed by atoms with E-state index in [4.69, 9.17) is 5.14 Å². The number of benzene rings is 1. The van der Waals surface area contributed by atoms with E-state index in [1.54, 1.807) is 6.92 Å². The van der Waals surface area contributed by atoms with Crippen LogP contribution in [0.1, 0.15) is 17.3 Å². The maximum Gasteiger partial charge on any atom is 0.251 e. The Bertz CT molecular complexity index is 468. The zero-order valence-corrected chi connectivity index (χ0v) is 9.04. The quantitative estimate of drug-likeness (QED) is 0.768. The summed E-state index contributed by atoms with van der Waals surface area (Å²) >= 11 is 0. The summed E-state index contributed by atoms with van der Waals surface area (Å²) in [5, 5.41) is 7.51. The van der Waals surface area contributed by atoms with Crippen molar-refractivity contribution in [1.29, 1.82) is 0 Å². The lowest BCUT2D eigenvalue weighted by molar-refractivity contribution is 0.0955. The van der Waals surface area contributed by atoms with Crippen LogP contribution in [0.2, 0.25) is 0 Å². The summed E-state index contributed by atoms with van der Waals surface area (Å²) < 4.78 is 22.0. The molecule has 0 unspecified atom stereocenters. The summed E-state index contributed by atoms with van der Waals surface area (Å²) in [6, 6.07) is 5.60. The fourth-order valence-corrected chi connectivity index (χ4v) is 1.64. The van der Waals surface area contributed by atoms with Gasteiger partial charge in [-0.2, -0.15) is 0 Å². The summed E-state index contributed by atoms with van der Waals surface area (Å²) in [7, 11) is -3.75. The fraction of sp³-hybridized carbons (Fsp3) is 0.222. The van der Waals surface area contributed by atoms with Crippen LogP contribution in [-0.4, -0.2) is 20.9 Å². The maximum atomic E-state index is 11.4. The topological polar surface area (TPSA) is 89.3 Å². The number of nitrogens with two attached hydrogens (primary N) is 1. The third-order valence-corrected chi connectivity index (χ3v) is 2.67. The van der Waals surface area contributed by atoms with Gasteiger partial charge in [-0.3, -0.25) is 4.79 Å². The predicted octanol–water partition coefficient (Wildman–Crippen LogP) is 0.0837. The number of amides is 1. The Morgan fingerprint density at radius 2 is 2.13 bits per heavy atom. The Morgan fingerprint density at radius 3 is 2.67 bits per heavy atom. The molecule has 0 heterocycles. The molecule has 0 aromatic heterocycles. The van der Waals surface area contributed by atoms with E-state index in [2.05, 4.69) is 5.32 Å². The minimum Gasteiger partial charge on any atom is -0.352 e. The van der Waals surface area contributed by atoms with Crippen LogP contribution in [0.4, 0.5) is 0 Å². The zero-order chi connectivity index (χ0) is 11.5. The summed E-state index contributed by atoms with van der Waals surface area (Å²) in [6.07, 6.45) is 0. The Morgan fingerprint density at radius 1 is 1.47 bits per heavy atom. The van der Waals surface area contributed by atoms with Gasteiger partial charge in [0.1, 0.15) is 0 Å². The molecule has 3 N–H and O–H groups in total. The standard InChI is InChI=1S/C9H12N2O3S/c1-2-11-9(12)7-4-3-5-8(6-7)15(10,13)14/h3-6H,2H2,1H3,(H,11,12)(H2,10,13,14). The third-order valence-electron chi connectivity index (χ3n) is 1.76. The average Bonchev–Trinajstić information content (AvgIpc) is 2.17. The molecule has 0 atom stereocenters. The Balaban J connectivity index is 3.09. The van der Waals surface area contributed by atoms with E-state index in [-0.39, 0.29) is 16.4 Å². The molecule has 0 bridgehead atoms. The van der Waals surface area contributed by atoms with Crippen molar-refractivity contribution in [2.24, 2.45) is 5.14 Å². The number of rotatable bonds is 3. The highest BCUT2D eigenvalue weighted by molar-refractivity contribution is 7.89. The van der Waals surface area contributed by atoms with Gasteiger partial charge in [0, 0.05) is 12.1 Å². The molecule has 1 rings (SSSR count). The van der Waals surface area contributed by atoms with E-state index >= 15 is 0 Å². The Hall–Kier alpha value is -1.40. The smallest absolute Gasteiger partial charge is 0.251 e. The van der Waals surface area contributed by atoms with Crippen LogP contribution in [-0.2, 0) is 10.0 Å². The van der Waals surface area contributed by atoms with Crippen LogP contribution in [0.15, 0.2) is 29.2 Å². The van der Waals surface area contributed by atoms with E-state index in [0.29, 0.717) is 6.54 Å². The molecule has 1 aromatic carbocycles. The number of nitrogens with one attached hydrogen (secondary N) is 1. The molecule has 1 amide bonds. The second kappa shape index (κ2) is 4.41. The van der Waals surface area contributed by atoms with Crippen molar-refractivity contribution in [1.82, 2.24) is 5.32 Å². The molecule has 15 heavy (non-hydrogen) atoms. The summed E-state index contributed by atoms with van der Waals surface area (Å²) in [6.45, 7) is 2.26. The largest absolute Gasteiger partial charge is 0.352 e. The maximum absolute atomic E-state index is 11.4. The molecule has 0 spiro atoms. The molecule has 0 aliphatic rings. The molecule has 5 nitrogen and oxygen atoms in total. The van der Waals surface area contributed by atoms with Crippen molar-refractivity contribution in [3.05, 3.63) is 29.8 Å². The normalized spacial score (nSPS) is 11.1. The van der Waals surface area contributed by atoms with Crippen molar-refractivity contribution in [3.63, 3.8) is 0 Å². The first-order valence-electron chi connectivity index (χ1n) is 4.36. The summed E-state index contributed by atoms with van der Waals surface area (Å²) in [4.78, 5) is 11.3. The van der Waals surface area contributed by atoms with E-state index in [9.17, 15) is 13.2 Å². The lowest BCUT2D eigenvalue weighted by atomic mass is 10.2. The fourth-order valence-electron chi connectivity index (χ4n) is 1.08. The second-order valence-electron chi connectivity index (χ2n) is 2.93. The number of primary sulfonamides is 1. The van der Waals surface area contributed by atoms with Crippen molar-refractivity contribution >= 4 is 15.9 Å². The van der Waals surface area contributed by atoms with Gasteiger partial charge >= 0.3 is 0 Å². The molecule has 6 heteroatoms. The average molecular weight is 228 g/mol. The van der Waals surface area contributed by atoms with E-state index in [1.807, 2.05) is 0 Å². The summed E-state index contributed by atoms with van der Waals surface area (Å²) in [5.74, 6) is -0.317. The van der Waals surface area contributed by atoms with Crippen LogP contribution in [0.25, 0.3) is 0 Å². The molecule has 1 aromatic rings. The van der Waals surface area contributed by atoms with Crippen molar-refractivity contribution in [3.8, 4) is 0 Å². The van der Waals surface area contributed by atoms with Gasteiger partial charge in [0.15, 0.2) is 0 Å². The van der Waals surface area contributed by atoms with E-state index < -0.39 is 10.0 Å². The van der Waals surface area contributed by atoms with Crippen molar-refractivity contribution in [2.45, 2.75) is 11.8 Å². The minimum absolute atomic E-state index is 0.0637. The second-order valence-corrected chi connectivity index (χ2v) is 4.49. The van der Waals surface area contributed by atoms with E-state index in [0.717, 1.165) is 0 Å². The number of carbonyl (C=O) groups is 1. The lowest BCUT2D eigenvalue weighted by Crippen LogP contribution is -2.23. The van der Waals surface area contributed by atoms with Gasteiger partial charge in [0.05, 0.1) is 4.90 Å². The molecule has 82 valence electrons. The number of hydrogen-bond acceptors (Lipinski definition) is 3. The van der Waals surface area contributed by atoms with Gasteiger partial charge in [-0.15, -0.1) is 0 Å². The highest BCUT2D eigenvalue weighted by Gasteiger charge is 2.10. The first kappa shape index (κ1) is 11.7. The van der Waals surface area contributed by atoms with Crippen LogP contribution in [0, 0.1) is 0 Å². The third kappa shape index (κ3) is 3.03. The number of sulfonamides is 1. The van der Waals surface area contributed by atoms with Gasteiger partial charge in [0.25, 0.3) is 5.91 Å². The molecule has 0 aliphatic carbocycles. The highest BCUT2D eigenvalue weighted by Crippen LogP contribution is 2.09. The van der Waals surface area contributed by atoms with Crippen LogP contribution in [0.3, 0.4) is 0 Å². The first-order valence-corrected chi connectivity index (χ1v) is 5.91. The summed E-state index contributed by atoms with van der Waals surface area (Å²) in [5.41, 5.74) is 0.281. The molecule has 0 radical (unpaired) electrons. The van der Waals surface area contributed by atoms with Gasteiger partial charge < -0.3 is 5.32 Å². The number of hydrogen-bond donors (Lipinski definition) is 2. The first-order chi connectivity index (χ1) is 6.95. The van der Waals surface area contributed by atoms with E-state index in [1.165, 1.54) is 24.3 Å². The van der Waals surface area contributed by atoms with Crippen molar-refractivity contribution in [2.75, 3.05) is 6.54 Å². The molecule has 0 fully saturated rings. The minimum atomic E-state index is -3.75. The number of carbonyl (C=O) groups excluding carboxylic acids is 1. The SMILES string of the molecule is CCNC(=O)c1cccc(S(N)(=O)=O)c1. The molecular formula is C9H12N2O3S. The van der Waals surface area contributed by atoms with Gasteiger partial charge in [-0.25, -0.2) is 13.6 Å². The van der Waals surface area contributed by atoms with Crippen molar-refractivity contribution < 1.29 is 13.2 Å². The molecule has 0 aliphatic heterocycles.